The fourth-order valence-electron chi connectivity index (χ4n) is 3.41. The SMILES string of the molecule is Cc1ccc(/C=C/c2nc3ccccc3c(=O)n2-c2nnc(/C=C/c3ccccc3)s2)cc1. The summed E-state index contributed by atoms with van der Waals surface area (Å²) in [7, 11) is 0. The number of aromatic nitrogens is 4. The zero-order valence-electron chi connectivity index (χ0n) is 17.9. The summed E-state index contributed by atoms with van der Waals surface area (Å²) in [6, 6.07) is 25.5. The quantitative estimate of drug-likeness (QED) is 0.337. The molecular formula is C27H20N4OS. The molecule has 0 saturated carbocycles. The van der Waals surface area contributed by atoms with Crippen molar-refractivity contribution in [1.82, 2.24) is 19.7 Å². The van der Waals surface area contributed by atoms with E-state index in [0.29, 0.717) is 26.9 Å². The third-order valence-corrected chi connectivity index (χ3v) is 6.02. The fourth-order valence-corrected chi connectivity index (χ4v) is 4.16. The minimum atomic E-state index is -0.168. The lowest BCUT2D eigenvalue weighted by Gasteiger charge is -2.07. The zero-order valence-corrected chi connectivity index (χ0v) is 18.7. The van der Waals surface area contributed by atoms with E-state index in [0.717, 1.165) is 11.1 Å². The summed E-state index contributed by atoms with van der Waals surface area (Å²) < 4.78 is 1.53. The van der Waals surface area contributed by atoms with Gasteiger partial charge in [0.15, 0.2) is 0 Å². The Bertz CT molecular complexity index is 1530. The van der Waals surface area contributed by atoms with Crippen molar-refractivity contribution >= 4 is 46.5 Å². The van der Waals surface area contributed by atoms with Crippen molar-refractivity contribution in [1.29, 1.82) is 0 Å². The van der Waals surface area contributed by atoms with Gasteiger partial charge in [-0.05, 0) is 42.3 Å². The molecule has 0 aliphatic heterocycles. The number of fused-ring (bicyclic) bond motifs is 1. The molecule has 0 aliphatic rings. The van der Waals surface area contributed by atoms with E-state index in [1.54, 1.807) is 6.07 Å². The molecule has 0 aliphatic carbocycles. The lowest BCUT2D eigenvalue weighted by atomic mass is 10.1. The van der Waals surface area contributed by atoms with Crippen LogP contribution in [0.4, 0.5) is 0 Å². The molecule has 3 aromatic carbocycles. The first-order valence-electron chi connectivity index (χ1n) is 10.5. The van der Waals surface area contributed by atoms with Gasteiger partial charge in [-0.3, -0.25) is 4.79 Å². The minimum Gasteiger partial charge on any atom is -0.268 e. The molecule has 2 heterocycles. The van der Waals surface area contributed by atoms with Crippen LogP contribution in [0.2, 0.25) is 0 Å². The summed E-state index contributed by atoms with van der Waals surface area (Å²) >= 11 is 1.35. The molecule has 0 N–H and O–H groups in total. The second kappa shape index (κ2) is 9.14. The lowest BCUT2D eigenvalue weighted by Crippen LogP contribution is -2.22. The molecule has 5 aromatic rings. The van der Waals surface area contributed by atoms with Gasteiger partial charge >= 0.3 is 0 Å². The van der Waals surface area contributed by atoms with Crippen LogP contribution in [0.3, 0.4) is 0 Å². The molecule has 0 radical (unpaired) electrons. The molecule has 160 valence electrons. The number of nitrogens with zero attached hydrogens (tertiary/aromatic N) is 4. The van der Waals surface area contributed by atoms with E-state index in [2.05, 4.69) is 29.3 Å². The van der Waals surface area contributed by atoms with E-state index in [9.17, 15) is 4.79 Å². The Morgan fingerprint density at radius 1 is 0.758 bits per heavy atom. The summed E-state index contributed by atoms with van der Waals surface area (Å²) in [5.41, 5.74) is 3.77. The van der Waals surface area contributed by atoms with E-state index in [4.69, 9.17) is 4.98 Å². The highest BCUT2D eigenvalue weighted by molar-refractivity contribution is 7.14. The van der Waals surface area contributed by atoms with E-state index >= 15 is 0 Å². The van der Waals surface area contributed by atoms with E-state index < -0.39 is 0 Å². The molecular weight excluding hydrogens is 428 g/mol. The molecule has 5 rings (SSSR count). The highest BCUT2D eigenvalue weighted by Gasteiger charge is 2.14. The third kappa shape index (κ3) is 4.56. The van der Waals surface area contributed by atoms with Crippen molar-refractivity contribution in [2.45, 2.75) is 6.92 Å². The van der Waals surface area contributed by atoms with Gasteiger partial charge in [-0.25, -0.2) is 9.55 Å². The molecule has 0 fully saturated rings. The van der Waals surface area contributed by atoms with Gasteiger partial charge in [-0.1, -0.05) is 95.8 Å². The molecule has 0 atom stereocenters. The minimum absolute atomic E-state index is 0.168. The summed E-state index contributed by atoms with van der Waals surface area (Å²) in [6.07, 6.45) is 7.67. The maximum Gasteiger partial charge on any atom is 0.268 e. The van der Waals surface area contributed by atoms with Gasteiger partial charge in [0.1, 0.15) is 10.8 Å². The van der Waals surface area contributed by atoms with Gasteiger partial charge in [-0.2, -0.15) is 0 Å². The van der Waals surface area contributed by atoms with Gasteiger partial charge in [0.05, 0.1) is 10.9 Å². The maximum absolute atomic E-state index is 13.4. The van der Waals surface area contributed by atoms with Crippen LogP contribution in [0, 0.1) is 6.92 Å². The van der Waals surface area contributed by atoms with Crippen LogP contribution < -0.4 is 5.56 Å². The van der Waals surface area contributed by atoms with Gasteiger partial charge < -0.3 is 0 Å². The molecule has 0 amide bonds. The summed E-state index contributed by atoms with van der Waals surface area (Å²) in [4.78, 5) is 18.1. The fraction of sp³-hybridized carbons (Fsp3) is 0.0370. The summed E-state index contributed by atoms with van der Waals surface area (Å²) in [5.74, 6) is 0.508. The maximum atomic E-state index is 13.4. The Labute approximate surface area is 195 Å². The second-order valence-electron chi connectivity index (χ2n) is 7.54. The van der Waals surface area contributed by atoms with Crippen LogP contribution in [-0.2, 0) is 0 Å². The first kappa shape index (κ1) is 20.7. The Hall–Kier alpha value is -4.16. The van der Waals surface area contributed by atoms with Crippen molar-refractivity contribution in [2.24, 2.45) is 0 Å². The number of para-hydroxylation sites is 1. The van der Waals surface area contributed by atoms with Crippen LogP contribution in [0.15, 0.2) is 83.7 Å². The van der Waals surface area contributed by atoms with E-state index in [-0.39, 0.29) is 5.56 Å². The number of rotatable bonds is 5. The number of hydrogen-bond donors (Lipinski definition) is 0. The number of aryl methyl sites for hydroxylation is 1. The lowest BCUT2D eigenvalue weighted by molar-refractivity contribution is 0.896. The number of benzene rings is 3. The monoisotopic (exact) mass is 448 g/mol. The topological polar surface area (TPSA) is 60.7 Å². The second-order valence-corrected chi connectivity index (χ2v) is 8.53. The Morgan fingerprint density at radius 3 is 2.27 bits per heavy atom. The molecule has 0 spiro atoms. The van der Waals surface area contributed by atoms with Crippen molar-refractivity contribution in [3.8, 4) is 5.13 Å². The largest absolute Gasteiger partial charge is 0.268 e. The van der Waals surface area contributed by atoms with Gasteiger partial charge in [0.2, 0.25) is 5.13 Å². The third-order valence-electron chi connectivity index (χ3n) is 5.14. The Kier molecular flexibility index (Phi) is 5.74. The predicted molar refractivity (Wildman–Crippen MR) is 136 cm³/mol. The van der Waals surface area contributed by atoms with Gasteiger partial charge in [0, 0.05) is 0 Å². The van der Waals surface area contributed by atoms with Crippen LogP contribution in [0.25, 0.3) is 40.3 Å². The first-order valence-corrected chi connectivity index (χ1v) is 11.3. The Balaban J connectivity index is 1.58. The standard InChI is InChI=1S/C27H20N4OS/c1-19-11-13-21(14-12-19)15-17-24-28-23-10-6-5-9-22(23)26(32)31(24)27-30-29-25(33-27)18-16-20-7-3-2-4-8-20/h2-18H,1H3/b17-15+,18-16+. The average Bonchev–Trinajstić information content (AvgIpc) is 3.31. The van der Waals surface area contributed by atoms with Crippen LogP contribution >= 0.6 is 11.3 Å². The highest BCUT2D eigenvalue weighted by Crippen LogP contribution is 2.20. The van der Waals surface area contributed by atoms with Crippen molar-refractivity contribution < 1.29 is 0 Å². The van der Waals surface area contributed by atoms with Crippen molar-refractivity contribution in [2.75, 3.05) is 0 Å². The normalized spacial score (nSPS) is 11.7. The van der Waals surface area contributed by atoms with Crippen LogP contribution in [-0.4, -0.2) is 19.7 Å². The number of hydrogen-bond acceptors (Lipinski definition) is 5. The molecule has 0 bridgehead atoms. The average molecular weight is 449 g/mol. The Morgan fingerprint density at radius 2 is 1.45 bits per heavy atom. The van der Waals surface area contributed by atoms with Crippen LogP contribution in [0.1, 0.15) is 27.5 Å². The molecule has 33 heavy (non-hydrogen) atoms. The first-order chi connectivity index (χ1) is 16.2. The molecule has 0 saturated heterocycles. The van der Waals surface area contributed by atoms with E-state index in [1.807, 2.05) is 85.0 Å². The van der Waals surface area contributed by atoms with Crippen molar-refractivity contribution in [3.05, 3.63) is 117 Å². The molecule has 0 unspecified atom stereocenters. The molecule has 6 heteroatoms. The summed E-state index contributed by atoms with van der Waals surface area (Å²) in [6.45, 7) is 2.05. The van der Waals surface area contributed by atoms with Gasteiger partial charge in [0.25, 0.3) is 5.56 Å². The van der Waals surface area contributed by atoms with Gasteiger partial charge in [-0.15, -0.1) is 10.2 Å². The summed E-state index contributed by atoms with van der Waals surface area (Å²) in [5, 5.41) is 10.3. The van der Waals surface area contributed by atoms with E-state index in [1.165, 1.54) is 21.5 Å². The zero-order chi connectivity index (χ0) is 22.6. The van der Waals surface area contributed by atoms with Crippen molar-refractivity contribution in [3.63, 3.8) is 0 Å². The highest BCUT2D eigenvalue weighted by atomic mass is 32.1. The smallest absolute Gasteiger partial charge is 0.268 e. The molecule has 5 nitrogen and oxygen atoms in total. The molecule has 2 aromatic heterocycles. The predicted octanol–water partition coefficient (Wildman–Crippen LogP) is 5.89. The van der Waals surface area contributed by atoms with Crippen LogP contribution in [0.5, 0.6) is 0 Å².